The molecular formula is C47H29N3O2. The van der Waals surface area contributed by atoms with Crippen LogP contribution in [0.4, 0.5) is 0 Å². The first kappa shape index (κ1) is 28.9. The van der Waals surface area contributed by atoms with E-state index in [0.717, 1.165) is 71.7 Å². The number of aromatic nitrogens is 3. The highest BCUT2D eigenvalue weighted by Gasteiger charge is 2.28. The monoisotopic (exact) mass is 667 g/mol. The van der Waals surface area contributed by atoms with Crippen LogP contribution in [-0.2, 0) is 0 Å². The van der Waals surface area contributed by atoms with Gasteiger partial charge in [0.25, 0.3) is 0 Å². The van der Waals surface area contributed by atoms with Crippen molar-refractivity contribution in [3.63, 3.8) is 0 Å². The molecule has 0 bridgehead atoms. The van der Waals surface area contributed by atoms with Gasteiger partial charge in [0, 0.05) is 50.1 Å². The number of hydrogen-bond donors (Lipinski definition) is 0. The Morgan fingerprint density at radius 1 is 0.462 bits per heavy atom. The maximum atomic E-state index is 6.48. The van der Waals surface area contributed by atoms with Crippen molar-refractivity contribution in [2.24, 2.45) is 5.92 Å². The summed E-state index contributed by atoms with van der Waals surface area (Å²) in [6.45, 7) is 0. The Morgan fingerprint density at radius 3 is 1.98 bits per heavy atom. The minimum Gasteiger partial charge on any atom is -0.456 e. The summed E-state index contributed by atoms with van der Waals surface area (Å²) >= 11 is 0. The van der Waals surface area contributed by atoms with Crippen molar-refractivity contribution in [2.75, 3.05) is 0 Å². The fourth-order valence-electron chi connectivity index (χ4n) is 8.12. The summed E-state index contributed by atoms with van der Waals surface area (Å²) in [5.74, 6) is 2.29. The molecule has 2 aliphatic rings. The summed E-state index contributed by atoms with van der Waals surface area (Å²) < 4.78 is 12.8. The fourth-order valence-corrected chi connectivity index (χ4v) is 8.12. The van der Waals surface area contributed by atoms with Gasteiger partial charge in [0.15, 0.2) is 17.5 Å². The van der Waals surface area contributed by atoms with E-state index < -0.39 is 0 Å². The van der Waals surface area contributed by atoms with Crippen LogP contribution in [0.15, 0.2) is 167 Å². The molecule has 0 N–H and O–H groups in total. The minimum absolute atomic E-state index is 0.194. The molecule has 0 radical (unpaired) electrons. The zero-order valence-corrected chi connectivity index (χ0v) is 27.9. The molecule has 0 saturated heterocycles. The zero-order chi connectivity index (χ0) is 34.2. The van der Waals surface area contributed by atoms with Crippen LogP contribution >= 0.6 is 0 Å². The number of benzene rings is 6. The van der Waals surface area contributed by atoms with Gasteiger partial charge in [0.05, 0.1) is 0 Å². The lowest BCUT2D eigenvalue weighted by molar-refractivity contribution is 0.669. The Labute approximate surface area is 298 Å². The molecule has 0 spiro atoms. The van der Waals surface area contributed by atoms with E-state index in [1.807, 2.05) is 48.5 Å². The molecule has 3 aromatic heterocycles. The van der Waals surface area contributed by atoms with Crippen molar-refractivity contribution >= 4 is 55.5 Å². The van der Waals surface area contributed by atoms with Gasteiger partial charge in [0.1, 0.15) is 22.3 Å². The van der Waals surface area contributed by atoms with Crippen molar-refractivity contribution in [2.45, 2.75) is 5.92 Å². The summed E-state index contributed by atoms with van der Waals surface area (Å²) in [6, 6.07) is 45.7. The Morgan fingerprint density at radius 2 is 1.13 bits per heavy atom. The Kier molecular flexibility index (Phi) is 6.31. The number of rotatable bonds is 4. The van der Waals surface area contributed by atoms with Crippen molar-refractivity contribution in [3.8, 4) is 33.9 Å². The van der Waals surface area contributed by atoms with Gasteiger partial charge in [0.2, 0.25) is 0 Å². The quantitative estimate of drug-likeness (QED) is 0.187. The molecule has 6 aromatic carbocycles. The highest BCUT2D eigenvalue weighted by molar-refractivity contribution is 6.19. The standard InChI is InChI=1S/C47H29N3O2/c1-2-12-29(13-3-1)45-48-46(31-23-24-33-30(27-31)22-21-28-11-4-5-14-32(28)33)50-47(49-45)44-35(25-26-41-43(44)37-16-7-9-19-39(37)52-41)34-17-10-20-40-42(34)36-15-6-8-18-38(36)51-40/h1-27,30,33H. The second kappa shape index (κ2) is 11.3. The normalized spacial score (nSPS) is 16.4. The maximum absolute atomic E-state index is 6.48. The third-order valence-corrected chi connectivity index (χ3v) is 10.5. The molecule has 0 aliphatic heterocycles. The van der Waals surface area contributed by atoms with Gasteiger partial charge in [-0.1, -0.05) is 134 Å². The maximum Gasteiger partial charge on any atom is 0.165 e. The molecule has 52 heavy (non-hydrogen) atoms. The molecule has 0 saturated carbocycles. The van der Waals surface area contributed by atoms with Crippen LogP contribution in [0.3, 0.4) is 0 Å². The first-order chi connectivity index (χ1) is 25.8. The van der Waals surface area contributed by atoms with E-state index in [9.17, 15) is 0 Å². The van der Waals surface area contributed by atoms with Gasteiger partial charge < -0.3 is 8.83 Å². The van der Waals surface area contributed by atoms with E-state index in [1.165, 1.54) is 11.1 Å². The lowest BCUT2D eigenvalue weighted by atomic mass is 9.76. The molecule has 2 aliphatic carbocycles. The molecule has 2 atom stereocenters. The Hall–Kier alpha value is -6.85. The van der Waals surface area contributed by atoms with Crippen LogP contribution in [0.25, 0.3) is 89.4 Å². The predicted octanol–water partition coefficient (Wildman–Crippen LogP) is 12.1. The molecule has 5 nitrogen and oxygen atoms in total. The number of furan rings is 2. The molecule has 5 heteroatoms. The van der Waals surface area contributed by atoms with Crippen LogP contribution in [0.5, 0.6) is 0 Å². The van der Waals surface area contributed by atoms with Gasteiger partial charge in [-0.2, -0.15) is 0 Å². The van der Waals surface area contributed by atoms with Crippen molar-refractivity contribution in [1.82, 2.24) is 15.0 Å². The van der Waals surface area contributed by atoms with Gasteiger partial charge in [-0.3, -0.25) is 0 Å². The molecule has 244 valence electrons. The van der Waals surface area contributed by atoms with Crippen molar-refractivity contribution in [3.05, 3.63) is 175 Å². The topological polar surface area (TPSA) is 65.0 Å². The first-order valence-corrected chi connectivity index (χ1v) is 17.6. The summed E-state index contributed by atoms with van der Waals surface area (Å²) in [6.07, 6.45) is 11.3. The van der Waals surface area contributed by atoms with Gasteiger partial charge in [-0.15, -0.1) is 0 Å². The second-order valence-corrected chi connectivity index (χ2v) is 13.5. The summed E-state index contributed by atoms with van der Waals surface area (Å²) in [4.78, 5) is 15.8. The van der Waals surface area contributed by atoms with Gasteiger partial charge in [-0.05, 0) is 52.6 Å². The Balaban J connectivity index is 1.20. The lowest BCUT2D eigenvalue weighted by Gasteiger charge is -2.28. The predicted molar refractivity (Wildman–Crippen MR) is 210 cm³/mol. The van der Waals surface area contributed by atoms with Crippen LogP contribution in [0.2, 0.25) is 0 Å². The summed E-state index contributed by atoms with van der Waals surface area (Å²) in [7, 11) is 0. The van der Waals surface area contributed by atoms with E-state index in [4.69, 9.17) is 23.8 Å². The Bertz CT molecular complexity index is 2980. The molecule has 3 heterocycles. The first-order valence-electron chi connectivity index (χ1n) is 17.6. The van der Waals surface area contributed by atoms with Crippen LogP contribution in [0.1, 0.15) is 22.9 Å². The molecule has 11 rings (SSSR count). The van der Waals surface area contributed by atoms with Crippen molar-refractivity contribution in [1.29, 1.82) is 0 Å². The summed E-state index contributed by atoms with van der Waals surface area (Å²) in [5, 5.41) is 4.09. The number of hydrogen-bond acceptors (Lipinski definition) is 5. The zero-order valence-electron chi connectivity index (χ0n) is 27.9. The molecule has 0 amide bonds. The van der Waals surface area contributed by atoms with E-state index in [2.05, 4.69) is 115 Å². The van der Waals surface area contributed by atoms with Crippen LogP contribution in [-0.4, -0.2) is 15.0 Å². The van der Waals surface area contributed by atoms with Crippen LogP contribution < -0.4 is 0 Å². The van der Waals surface area contributed by atoms with E-state index in [1.54, 1.807) is 0 Å². The van der Waals surface area contributed by atoms with E-state index >= 15 is 0 Å². The minimum atomic E-state index is 0.194. The summed E-state index contributed by atoms with van der Waals surface area (Å²) in [5.41, 5.74) is 10.7. The number of nitrogens with zero attached hydrogens (tertiary/aromatic N) is 3. The smallest absolute Gasteiger partial charge is 0.165 e. The molecule has 0 fully saturated rings. The van der Waals surface area contributed by atoms with Crippen molar-refractivity contribution < 1.29 is 8.83 Å². The van der Waals surface area contributed by atoms with Gasteiger partial charge in [-0.25, -0.2) is 15.0 Å². The number of allylic oxidation sites excluding steroid dienone is 5. The van der Waals surface area contributed by atoms with Crippen LogP contribution in [0, 0.1) is 5.92 Å². The third-order valence-electron chi connectivity index (χ3n) is 10.5. The fraction of sp³-hybridized carbons (Fsp3) is 0.0426. The average molecular weight is 668 g/mol. The number of para-hydroxylation sites is 2. The lowest BCUT2D eigenvalue weighted by Crippen LogP contribution is -2.15. The SMILES string of the molecule is C1=CC2c3ccccc3C=CC2C=C1c1nc(-c2ccccc2)nc(-c2c(-c3cccc4oc5ccccc5c34)ccc3oc4ccccc4c23)n1. The second-order valence-electron chi connectivity index (χ2n) is 13.5. The van der Waals surface area contributed by atoms with E-state index in [0.29, 0.717) is 17.5 Å². The van der Waals surface area contributed by atoms with E-state index in [-0.39, 0.29) is 11.8 Å². The largest absolute Gasteiger partial charge is 0.456 e. The highest BCUT2D eigenvalue weighted by Crippen LogP contribution is 2.46. The number of fused-ring (bicyclic) bond motifs is 9. The highest BCUT2D eigenvalue weighted by atomic mass is 16.3. The molecule has 9 aromatic rings. The molecule has 2 unspecified atom stereocenters. The third kappa shape index (κ3) is 4.46. The molecular weight excluding hydrogens is 639 g/mol. The van der Waals surface area contributed by atoms with Gasteiger partial charge >= 0.3 is 0 Å². The average Bonchev–Trinajstić information content (AvgIpc) is 3.79.